The smallest absolute Gasteiger partial charge is 0.195 e. The Labute approximate surface area is 267 Å². The molecule has 0 fully saturated rings. The summed E-state index contributed by atoms with van der Waals surface area (Å²) < 4.78 is 15.6. The van der Waals surface area contributed by atoms with E-state index in [0.717, 1.165) is 60.5 Å². The highest BCUT2D eigenvalue weighted by Crippen LogP contribution is 2.51. The Morgan fingerprint density at radius 3 is 2.50 bits per heavy atom. The van der Waals surface area contributed by atoms with Gasteiger partial charge in [0.1, 0.15) is 23.0 Å². The zero-order chi connectivity index (χ0) is 29.9. The molecule has 0 saturated carbocycles. The number of para-hydroxylation sites is 3. The minimum Gasteiger partial charge on any atom is -0.484 e. The lowest BCUT2D eigenvalue weighted by Crippen LogP contribution is -2.20. The SMILES string of the molecule is C1=CC2Oc3c(-c4ccc5ccccc5c4)cccc3C2c2nc(-n3c4ccccc4c4c5oc6ccccc6c5ccc43)sc21. The van der Waals surface area contributed by atoms with Crippen molar-refractivity contribution < 1.29 is 9.15 Å². The van der Waals surface area contributed by atoms with E-state index in [1.165, 1.54) is 32.2 Å². The lowest BCUT2D eigenvalue weighted by molar-refractivity contribution is 0.267. The molecule has 6 aromatic carbocycles. The molecule has 5 heteroatoms. The molecule has 0 saturated heterocycles. The van der Waals surface area contributed by atoms with Crippen molar-refractivity contribution in [2.24, 2.45) is 0 Å². The molecule has 11 rings (SSSR count). The molecule has 46 heavy (non-hydrogen) atoms. The van der Waals surface area contributed by atoms with Gasteiger partial charge in [0.15, 0.2) is 5.13 Å². The average molecular weight is 609 g/mol. The first-order valence-electron chi connectivity index (χ1n) is 15.6. The zero-order valence-corrected chi connectivity index (χ0v) is 25.3. The molecule has 2 unspecified atom stereocenters. The molecular weight excluding hydrogens is 585 g/mol. The van der Waals surface area contributed by atoms with Crippen molar-refractivity contribution in [2.45, 2.75) is 12.0 Å². The van der Waals surface area contributed by atoms with E-state index in [2.05, 4.69) is 126 Å². The van der Waals surface area contributed by atoms with Crippen LogP contribution < -0.4 is 4.74 Å². The van der Waals surface area contributed by atoms with Crippen LogP contribution in [0.4, 0.5) is 0 Å². The summed E-state index contributed by atoms with van der Waals surface area (Å²) in [7, 11) is 0. The maximum Gasteiger partial charge on any atom is 0.195 e. The topological polar surface area (TPSA) is 40.2 Å². The Kier molecular flexibility index (Phi) is 4.80. The number of ether oxygens (including phenoxy) is 1. The van der Waals surface area contributed by atoms with Crippen LogP contribution in [-0.4, -0.2) is 15.7 Å². The van der Waals surface area contributed by atoms with Gasteiger partial charge in [-0.3, -0.25) is 4.57 Å². The van der Waals surface area contributed by atoms with Gasteiger partial charge in [-0.1, -0.05) is 102 Å². The van der Waals surface area contributed by atoms with Crippen LogP contribution in [0.1, 0.15) is 22.1 Å². The summed E-state index contributed by atoms with van der Waals surface area (Å²) in [6.07, 6.45) is 4.32. The number of rotatable bonds is 2. The van der Waals surface area contributed by atoms with Gasteiger partial charge in [0.2, 0.25) is 0 Å². The lowest BCUT2D eigenvalue weighted by Gasteiger charge is -2.18. The molecule has 0 N–H and O–H groups in total. The van der Waals surface area contributed by atoms with Crippen molar-refractivity contribution in [1.82, 2.24) is 9.55 Å². The van der Waals surface area contributed by atoms with Gasteiger partial charge in [-0.05, 0) is 58.8 Å². The normalized spacial score (nSPS) is 16.8. The van der Waals surface area contributed by atoms with Crippen molar-refractivity contribution in [2.75, 3.05) is 0 Å². The van der Waals surface area contributed by atoms with Gasteiger partial charge < -0.3 is 9.15 Å². The van der Waals surface area contributed by atoms with Crippen LogP contribution in [0, 0.1) is 0 Å². The average Bonchev–Trinajstić information content (AvgIpc) is 3.87. The number of aromatic nitrogens is 2. The highest BCUT2D eigenvalue weighted by molar-refractivity contribution is 7.15. The Morgan fingerprint density at radius 2 is 1.54 bits per heavy atom. The van der Waals surface area contributed by atoms with Gasteiger partial charge in [0.25, 0.3) is 0 Å². The fourth-order valence-corrected chi connectivity index (χ4v) is 8.80. The summed E-state index contributed by atoms with van der Waals surface area (Å²) in [4.78, 5) is 6.60. The van der Waals surface area contributed by atoms with Crippen LogP contribution in [0.3, 0.4) is 0 Å². The lowest BCUT2D eigenvalue weighted by atomic mass is 9.87. The number of hydrogen-bond donors (Lipinski definition) is 0. The van der Waals surface area contributed by atoms with Crippen LogP contribution >= 0.6 is 11.3 Å². The molecule has 1 aliphatic carbocycles. The second-order valence-corrected chi connectivity index (χ2v) is 13.2. The molecule has 2 aliphatic rings. The van der Waals surface area contributed by atoms with Gasteiger partial charge >= 0.3 is 0 Å². The van der Waals surface area contributed by atoms with Crippen LogP contribution in [0.5, 0.6) is 5.75 Å². The third-order valence-corrected chi connectivity index (χ3v) is 10.8. The summed E-state index contributed by atoms with van der Waals surface area (Å²) in [6, 6.07) is 43.0. The first-order valence-corrected chi connectivity index (χ1v) is 16.4. The van der Waals surface area contributed by atoms with Crippen molar-refractivity contribution >= 4 is 71.9 Å². The number of thiazole rings is 1. The molecule has 216 valence electrons. The Bertz CT molecular complexity index is 2760. The predicted octanol–water partition coefficient (Wildman–Crippen LogP) is 10.9. The maximum atomic E-state index is 6.74. The molecule has 4 heterocycles. The van der Waals surface area contributed by atoms with Gasteiger partial charge in [0, 0.05) is 27.3 Å². The quantitative estimate of drug-likeness (QED) is 0.196. The van der Waals surface area contributed by atoms with Gasteiger partial charge in [-0.2, -0.15) is 0 Å². The van der Waals surface area contributed by atoms with E-state index >= 15 is 0 Å². The fraction of sp³-hybridized carbons (Fsp3) is 0.0488. The van der Waals surface area contributed by atoms with Crippen LogP contribution in [0.15, 0.2) is 132 Å². The third kappa shape index (κ3) is 3.25. The number of furan rings is 1. The van der Waals surface area contributed by atoms with E-state index in [0.29, 0.717) is 0 Å². The predicted molar refractivity (Wildman–Crippen MR) is 188 cm³/mol. The largest absolute Gasteiger partial charge is 0.484 e. The monoisotopic (exact) mass is 608 g/mol. The summed E-state index contributed by atoms with van der Waals surface area (Å²) in [5.41, 5.74) is 8.63. The molecule has 9 aromatic rings. The highest BCUT2D eigenvalue weighted by atomic mass is 32.1. The van der Waals surface area contributed by atoms with Gasteiger partial charge in [0.05, 0.1) is 32.9 Å². The minimum atomic E-state index is -0.0904. The van der Waals surface area contributed by atoms with E-state index in [1.807, 2.05) is 12.1 Å². The van der Waals surface area contributed by atoms with E-state index < -0.39 is 0 Å². The number of hydrogen-bond acceptors (Lipinski definition) is 4. The third-order valence-electron chi connectivity index (χ3n) is 9.80. The maximum absolute atomic E-state index is 6.74. The number of fused-ring (bicyclic) bond motifs is 13. The van der Waals surface area contributed by atoms with E-state index in [4.69, 9.17) is 14.1 Å². The fourth-order valence-electron chi connectivity index (χ4n) is 7.74. The van der Waals surface area contributed by atoms with Gasteiger partial charge in [-0.15, -0.1) is 0 Å². The molecule has 4 nitrogen and oxygen atoms in total. The molecule has 2 atom stereocenters. The Morgan fingerprint density at radius 1 is 0.696 bits per heavy atom. The van der Waals surface area contributed by atoms with Crippen molar-refractivity contribution in [3.8, 4) is 22.0 Å². The first kappa shape index (κ1) is 24.6. The molecule has 0 amide bonds. The summed E-state index contributed by atoms with van der Waals surface area (Å²) in [5, 5.41) is 7.99. The van der Waals surface area contributed by atoms with E-state index in [-0.39, 0.29) is 12.0 Å². The first-order chi connectivity index (χ1) is 22.8. The van der Waals surface area contributed by atoms with Gasteiger partial charge in [-0.25, -0.2) is 4.98 Å². The molecule has 0 bridgehead atoms. The molecule has 3 aromatic heterocycles. The summed E-state index contributed by atoms with van der Waals surface area (Å²) >= 11 is 1.74. The van der Waals surface area contributed by atoms with Crippen LogP contribution in [0.2, 0.25) is 0 Å². The van der Waals surface area contributed by atoms with Crippen LogP contribution in [0.25, 0.3) is 76.9 Å². The van der Waals surface area contributed by atoms with Crippen LogP contribution in [-0.2, 0) is 0 Å². The second-order valence-electron chi connectivity index (χ2n) is 12.2. The molecule has 0 spiro atoms. The molecule has 0 radical (unpaired) electrons. The Hall–Kier alpha value is -5.65. The summed E-state index contributed by atoms with van der Waals surface area (Å²) in [6.45, 7) is 0. The standard InChI is InChI=1S/C41H24N2O2S/c1-2-9-24-22-25(17-16-23(24)8-1)26-12-7-13-30-37-34(45-39(26)30)20-21-35-38(37)42-41(46-35)43-31-14-5-3-11-29(31)36-32(43)19-18-28-27-10-4-6-15-33(27)44-40(28)36/h1-22,34,37H. The van der Waals surface area contributed by atoms with E-state index in [1.54, 1.807) is 11.3 Å². The van der Waals surface area contributed by atoms with E-state index in [9.17, 15) is 0 Å². The van der Waals surface area contributed by atoms with Crippen molar-refractivity contribution in [3.63, 3.8) is 0 Å². The zero-order valence-electron chi connectivity index (χ0n) is 24.5. The highest BCUT2D eigenvalue weighted by Gasteiger charge is 2.41. The minimum absolute atomic E-state index is 0.0376. The molecular formula is C41H24N2O2S. The van der Waals surface area contributed by atoms with Crippen molar-refractivity contribution in [3.05, 3.63) is 144 Å². The second kappa shape index (κ2) is 8.96. The van der Waals surface area contributed by atoms with Crippen molar-refractivity contribution in [1.29, 1.82) is 0 Å². The number of nitrogens with zero attached hydrogens (tertiary/aromatic N) is 2. The number of benzene rings is 6. The summed E-state index contributed by atoms with van der Waals surface area (Å²) in [5.74, 6) is 1.000. The Balaban J connectivity index is 1.09. The molecule has 1 aliphatic heterocycles.